The minimum Gasteiger partial charge on any atom is -0.437 e. The van der Waals surface area contributed by atoms with Gasteiger partial charge in [-0.3, -0.25) is 4.98 Å². The lowest BCUT2D eigenvalue weighted by Gasteiger charge is -2.39. The van der Waals surface area contributed by atoms with E-state index in [4.69, 9.17) is 9.40 Å². The zero-order chi connectivity index (χ0) is 21.5. The van der Waals surface area contributed by atoms with E-state index in [-0.39, 0.29) is 10.8 Å². The third kappa shape index (κ3) is 2.71. The Morgan fingerprint density at radius 2 is 1.74 bits per heavy atom. The Morgan fingerprint density at radius 1 is 0.935 bits per heavy atom. The van der Waals surface area contributed by atoms with Crippen molar-refractivity contribution in [3.05, 3.63) is 58.7 Å². The lowest BCUT2D eigenvalue weighted by atomic mass is 9.66. The average molecular weight is 427 g/mol. The van der Waals surface area contributed by atoms with Crippen molar-refractivity contribution in [2.24, 2.45) is 0 Å². The van der Waals surface area contributed by atoms with Crippen molar-refractivity contribution in [3.63, 3.8) is 0 Å². The molecular formula is C27H26N2OS. The van der Waals surface area contributed by atoms with Crippen molar-refractivity contribution in [2.45, 2.75) is 58.3 Å². The summed E-state index contributed by atoms with van der Waals surface area (Å²) in [6.07, 6.45) is 4.53. The predicted molar refractivity (Wildman–Crippen MR) is 130 cm³/mol. The Morgan fingerprint density at radius 3 is 2.58 bits per heavy atom. The van der Waals surface area contributed by atoms with Gasteiger partial charge in [-0.2, -0.15) is 0 Å². The molecule has 0 saturated heterocycles. The summed E-state index contributed by atoms with van der Waals surface area (Å²) in [7, 11) is 0. The number of furan rings is 1. The van der Waals surface area contributed by atoms with Crippen LogP contribution in [0.1, 0.15) is 56.7 Å². The third-order valence-electron chi connectivity index (χ3n) is 7.02. The molecule has 0 saturated carbocycles. The van der Waals surface area contributed by atoms with Crippen molar-refractivity contribution in [1.29, 1.82) is 0 Å². The van der Waals surface area contributed by atoms with Crippen LogP contribution in [-0.2, 0) is 10.8 Å². The predicted octanol–water partition coefficient (Wildman–Crippen LogP) is 7.92. The minimum atomic E-state index is 0.189. The number of hydrogen-bond acceptors (Lipinski definition) is 4. The number of aromatic nitrogens is 2. The Kier molecular flexibility index (Phi) is 3.78. The molecule has 0 spiro atoms. The first-order valence-corrected chi connectivity index (χ1v) is 11.8. The number of pyridine rings is 2. The monoisotopic (exact) mass is 426 g/mol. The number of nitrogens with zero attached hydrogens (tertiary/aromatic N) is 2. The molecule has 1 aliphatic rings. The molecule has 0 unspecified atom stereocenters. The largest absolute Gasteiger partial charge is 0.437 e. The highest BCUT2D eigenvalue weighted by Crippen LogP contribution is 2.52. The van der Waals surface area contributed by atoms with Gasteiger partial charge in [0.05, 0.1) is 5.69 Å². The molecule has 0 radical (unpaired) electrons. The van der Waals surface area contributed by atoms with E-state index in [1.54, 1.807) is 0 Å². The quantitative estimate of drug-likeness (QED) is 0.273. The van der Waals surface area contributed by atoms with Crippen LogP contribution in [0.4, 0.5) is 0 Å². The van der Waals surface area contributed by atoms with Gasteiger partial charge in [-0.15, -0.1) is 11.3 Å². The van der Waals surface area contributed by atoms with Gasteiger partial charge in [-0.1, -0.05) is 39.8 Å². The van der Waals surface area contributed by atoms with E-state index in [1.807, 2.05) is 24.3 Å². The summed E-state index contributed by atoms with van der Waals surface area (Å²) in [6.45, 7) is 11.5. The smallest absolute Gasteiger partial charge is 0.227 e. The summed E-state index contributed by atoms with van der Waals surface area (Å²) >= 11 is 1.95. The second-order valence-electron chi connectivity index (χ2n) is 10.2. The second-order valence-corrected chi connectivity index (χ2v) is 11.3. The van der Waals surface area contributed by atoms with E-state index in [1.165, 1.54) is 33.4 Å². The van der Waals surface area contributed by atoms with Gasteiger partial charge in [0.1, 0.15) is 5.58 Å². The lowest BCUT2D eigenvalue weighted by Crippen LogP contribution is -2.32. The normalized spacial score (nSPS) is 17.5. The summed E-state index contributed by atoms with van der Waals surface area (Å²) < 4.78 is 7.55. The van der Waals surface area contributed by atoms with Gasteiger partial charge in [0.2, 0.25) is 5.71 Å². The van der Waals surface area contributed by atoms with Gasteiger partial charge >= 0.3 is 0 Å². The Labute approximate surface area is 186 Å². The molecule has 4 heteroatoms. The molecule has 31 heavy (non-hydrogen) atoms. The third-order valence-corrected chi connectivity index (χ3v) is 8.54. The summed E-state index contributed by atoms with van der Waals surface area (Å²) in [4.78, 5) is 11.1. The maximum Gasteiger partial charge on any atom is 0.227 e. The van der Waals surface area contributed by atoms with E-state index >= 15 is 0 Å². The Hall–Kier alpha value is -2.72. The molecule has 0 bridgehead atoms. The van der Waals surface area contributed by atoms with E-state index in [9.17, 15) is 0 Å². The maximum absolute atomic E-state index is 6.23. The zero-order valence-corrected chi connectivity index (χ0v) is 19.5. The summed E-state index contributed by atoms with van der Waals surface area (Å²) in [6, 6.07) is 12.7. The van der Waals surface area contributed by atoms with Crippen LogP contribution >= 0.6 is 11.3 Å². The first-order chi connectivity index (χ1) is 14.7. The first kappa shape index (κ1) is 19.0. The highest BCUT2D eigenvalue weighted by atomic mass is 32.1. The molecule has 4 aromatic heterocycles. The second kappa shape index (κ2) is 6.17. The summed E-state index contributed by atoms with van der Waals surface area (Å²) in [5.41, 5.74) is 6.42. The van der Waals surface area contributed by atoms with Gasteiger partial charge < -0.3 is 4.42 Å². The highest BCUT2D eigenvalue weighted by Gasteiger charge is 2.40. The Balaban J connectivity index is 1.60. The van der Waals surface area contributed by atoms with E-state index in [2.05, 4.69) is 69.2 Å². The van der Waals surface area contributed by atoms with Crippen LogP contribution in [0.2, 0.25) is 0 Å². The molecule has 0 N–H and O–H groups in total. The van der Waals surface area contributed by atoms with Crippen LogP contribution in [0.25, 0.3) is 43.4 Å². The molecule has 6 rings (SSSR count). The topological polar surface area (TPSA) is 38.9 Å². The maximum atomic E-state index is 6.23. The van der Waals surface area contributed by atoms with Gasteiger partial charge in [0.15, 0.2) is 0 Å². The van der Waals surface area contributed by atoms with E-state index in [0.717, 1.165) is 33.3 Å². The number of benzene rings is 1. The number of aryl methyl sites for hydroxylation is 1. The number of thiophene rings is 1. The Bertz CT molecular complexity index is 1500. The molecule has 0 atom stereocenters. The molecule has 1 aliphatic carbocycles. The molecule has 5 aromatic rings. The van der Waals surface area contributed by atoms with Crippen molar-refractivity contribution in [2.75, 3.05) is 0 Å². The van der Waals surface area contributed by atoms with Crippen LogP contribution < -0.4 is 0 Å². The molecule has 1 aromatic carbocycles. The van der Waals surface area contributed by atoms with Gasteiger partial charge in [-0.05, 0) is 60.4 Å². The average Bonchev–Trinajstić information content (AvgIpc) is 3.30. The number of rotatable bonds is 1. The molecule has 4 heterocycles. The fraction of sp³-hybridized carbons (Fsp3) is 0.333. The van der Waals surface area contributed by atoms with Gasteiger partial charge in [0, 0.05) is 43.2 Å². The SMILES string of the molecule is Cc1ccc2c(n1)oc1c(-c3cc4sc5c(c4cn3)C(C)(C)CCC5(C)C)cccc12. The minimum absolute atomic E-state index is 0.189. The molecule has 0 amide bonds. The molecule has 3 nitrogen and oxygen atoms in total. The fourth-order valence-electron chi connectivity index (χ4n) is 5.12. The van der Waals surface area contributed by atoms with Crippen LogP contribution in [0.15, 0.2) is 47.0 Å². The summed E-state index contributed by atoms with van der Waals surface area (Å²) in [5.74, 6) is 0. The highest BCUT2D eigenvalue weighted by molar-refractivity contribution is 7.19. The number of hydrogen-bond donors (Lipinski definition) is 0. The van der Waals surface area contributed by atoms with Gasteiger partial charge in [-0.25, -0.2) is 4.98 Å². The van der Waals surface area contributed by atoms with Crippen molar-refractivity contribution >= 4 is 43.5 Å². The number of fused-ring (bicyclic) bond motifs is 6. The van der Waals surface area contributed by atoms with E-state index < -0.39 is 0 Å². The van der Waals surface area contributed by atoms with Crippen molar-refractivity contribution < 1.29 is 4.42 Å². The van der Waals surface area contributed by atoms with Crippen LogP contribution in [-0.4, -0.2) is 9.97 Å². The fourth-order valence-corrected chi connectivity index (χ4v) is 6.65. The van der Waals surface area contributed by atoms with Crippen molar-refractivity contribution in [3.8, 4) is 11.3 Å². The summed E-state index contributed by atoms with van der Waals surface area (Å²) in [5, 5.41) is 3.46. The standard InChI is InChI=1S/C27H26N2OS/c1-15-9-10-17-16-7-6-8-18(23(16)30-25(17)29-15)20-13-21-19(14-28-20)22-24(31-21)27(4,5)12-11-26(22,2)3/h6-10,13-14H,11-12H2,1-5H3. The van der Waals surface area contributed by atoms with E-state index in [0.29, 0.717) is 5.71 Å². The molecule has 156 valence electrons. The van der Waals surface area contributed by atoms with Crippen LogP contribution in [0, 0.1) is 6.92 Å². The molecular weight excluding hydrogens is 400 g/mol. The van der Waals surface area contributed by atoms with Gasteiger partial charge in [0.25, 0.3) is 0 Å². The van der Waals surface area contributed by atoms with Crippen LogP contribution in [0.3, 0.4) is 0 Å². The lowest BCUT2D eigenvalue weighted by molar-refractivity contribution is 0.341. The zero-order valence-electron chi connectivity index (χ0n) is 18.7. The van der Waals surface area contributed by atoms with Crippen molar-refractivity contribution in [1.82, 2.24) is 9.97 Å². The molecule has 0 fully saturated rings. The number of para-hydroxylation sites is 1. The first-order valence-electron chi connectivity index (χ1n) is 11.0. The molecule has 0 aliphatic heterocycles. The van der Waals surface area contributed by atoms with Crippen LogP contribution in [0.5, 0.6) is 0 Å².